The van der Waals surface area contributed by atoms with Gasteiger partial charge in [-0.15, -0.1) is 0 Å². The van der Waals surface area contributed by atoms with Gasteiger partial charge in [0.1, 0.15) is 11.3 Å². The minimum atomic E-state index is 0.496. The summed E-state index contributed by atoms with van der Waals surface area (Å²) in [5, 5.41) is 1.65. The number of hydrogen-bond donors (Lipinski definition) is 1. The number of rotatable bonds is 2. The number of aromatic nitrogens is 2. The van der Waals surface area contributed by atoms with Gasteiger partial charge in [-0.05, 0) is 24.8 Å². The molecule has 2 rings (SSSR count). The Morgan fingerprint density at radius 1 is 1.53 bits per heavy atom. The summed E-state index contributed by atoms with van der Waals surface area (Å²) in [4.78, 5) is 8.22. The van der Waals surface area contributed by atoms with Gasteiger partial charge in [-0.25, -0.2) is 9.97 Å². The van der Waals surface area contributed by atoms with Crippen LogP contribution in [0.1, 0.15) is 5.69 Å². The molecule has 0 amide bonds. The van der Waals surface area contributed by atoms with Crippen LogP contribution in [0.25, 0.3) is 0 Å². The zero-order chi connectivity index (χ0) is 10.8. The van der Waals surface area contributed by atoms with E-state index >= 15 is 0 Å². The molecule has 2 heterocycles. The van der Waals surface area contributed by atoms with E-state index < -0.39 is 0 Å². The molecule has 2 aromatic heterocycles. The molecule has 78 valence electrons. The number of hydrogen-bond acceptors (Lipinski definition) is 5. The molecule has 0 radical (unpaired) electrons. The molecular weight excluding hydrogens is 234 g/mol. The van der Waals surface area contributed by atoms with Gasteiger partial charge in [0.2, 0.25) is 0 Å². The maximum absolute atomic E-state index is 5.95. The first-order valence-electron chi connectivity index (χ1n) is 4.16. The standard InChI is InChI=1S/C9H8ClN3OS/c1-5-4-14-9(13-5)15-8-7(10)2-6(11)3-12-8/h2-4H,11H2,1H3. The molecule has 0 aromatic carbocycles. The highest BCUT2D eigenvalue weighted by molar-refractivity contribution is 7.99. The summed E-state index contributed by atoms with van der Waals surface area (Å²) in [7, 11) is 0. The third kappa shape index (κ3) is 2.43. The van der Waals surface area contributed by atoms with E-state index in [1.807, 2.05) is 6.92 Å². The lowest BCUT2D eigenvalue weighted by Gasteiger charge is -2.00. The average molecular weight is 242 g/mol. The molecule has 4 nitrogen and oxygen atoms in total. The van der Waals surface area contributed by atoms with Gasteiger partial charge in [-0.3, -0.25) is 0 Å². The number of aryl methyl sites for hydroxylation is 1. The number of pyridine rings is 1. The van der Waals surface area contributed by atoms with E-state index in [9.17, 15) is 0 Å². The van der Waals surface area contributed by atoms with Crippen molar-refractivity contribution in [1.82, 2.24) is 9.97 Å². The highest BCUT2D eigenvalue weighted by Gasteiger charge is 2.08. The van der Waals surface area contributed by atoms with Crippen LogP contribution in [-0.2, 0) is 0 Å². The highest BCUT2D eigenvalue weighted by Crippen LogP contribution is 2.31. The van der Waals surface area contributed by atoms with Crippen molar-refractivity contribution >= 4 is 29.1 Å². The number of nitrogen functional groups attached to an aromatic ring is 1. The Labute approximate surface area is 95.9 Å². The normalized spacial score (nSPS) is 10.5. The van der Waals surface area contributed by atoms with Crippen molar-refractivity contribution in [2.45, 2.75) is 17.2 Å². The second-order valence-corrected chi connectivity index (χ2v) is 4.26. The van der Waals surface area contributed by atoms with E-state index in [1.165, 1.54) is 11.8 Å². The summed E-state index contributed by atoms with van der Waals surface area (Å²) >= 11 is 7.22. The van der Waals surface area contributed by atoms with Crippen molar-refractivity contribution in [3.8, 4) is 0 Å². The third-order valence-corrected chi connectivity index (χ3v) is 2.89. The maximum atomic E-state index is 5.95. The Bertz CT molecular complexity index is 486. The van der Waals surface area contributed by atoms with Crippen LogP contribution in [0, 0.1) is 6.92 Å². The summed E-state index contributed by atoms with van der Waals surface area (Å²) < 4.78 is 5.18. The molecule has 6 heteroatoms. The lowest BCUT2D eigenvalue weighted by atomic mass is 10.4. The molecule has 0 atom stereocenters. The van der Waals surface area contributed by atoms with Gasteiger partial charge in [0.15, 0.2) is 0 Å². The van der Waals surface area contributed by atoms with Gasteiger partial charge in [-0.1, -0.05) is 11.6 Å². The smallest absolute Gasteiger partial charge is 0.262 e. The molecule has 0 bridgehead atoms. The molecule has 0 fully saturated rings. The predicted octanol–water partition coefficient (Wildman–Crippen LogP) is 2.76. The summed E-state index contributed by atoms with van der Waals surface area (Å²) in [5.41, 5.74) is 6.89. The van der Waals surface area contributed by atoms with Crippen LogP contribution in [0.5, 0.6) is 0 Å². The second kappa shape index (κ2) is 4.12. The number of halogens is 1. The summed E-state index contributed by atoms with van der Waals surface area (Å²) in [6.45, 7) is 1.85. The van der Waals surface area contributed by atoms with Crippen molar-refractivity contribution in [3.05, 3.63) is 29.2 Å². The fraction of sp³-hybridized carbons (Fsp3) is 0.111. The SMILES string of the molecule is Cc1coc(Sc2ncc(N)cc2Cl)n1. The van der Waals surface area contributed by atoms with Crippen LogP contribution < -0.4 is 5.73 Å². The molecule has 0 saturated carbocycles. The number of nitrogens with two attached hydrogens (primary N) is 1. The topological polar surface area (TPSA) is 64.9 Å². The molecule has 15 heavy (non-hydrogen) atoms. The van der Waals surface area contributed by atoms with Crippen molar-refractivity contribution in [2.24, 2.45) is 0 Å². The molecule has 0 aliphatic rings. The fourth-order valence-electron chi connectivity index (χ4n) is 0.977. The quantitative estimate of drug-likeness (QED) is 0.876. The molecular formula is C9H8ClN3OS. The molecule has 0 aliphatic carbocycles. The van der Waals surface area contributed by atoms with E-state index in [2.05, 4.69) is 9.97 Å². The Balaban J connectivity index is 2.24. The average Bonchev–Trinajstić information content (AvgIpc) is 2.56. The monoisotopic (exact) mass is 241 g/mol. The second-order valence-electron chi connectivity index (χ2n) is 2.91. The summed E-state index contributed by atoms with van der Waals surface area (Å²) in [6, 6.07) is 1.65. The van der Waals surface area contributed by atoms with E-state index in [-0.39, 0.29) is 0 Å². The largest absolute Gasteiger partial charge is 0.439 e. The maximum Gasteiger partial charge on any atom is 0.262 e. The minimum Gasteiger partial charge on any atom is -0.439 e. The van der Waals surface area contributed by atoms with Crippen molar-refractivity contribution in [3.63, 3.8) is 0 Å². The fourth-order valence-corrected chi connectivity index (χ4v) is 1.98. The highest BCUT2D eigenvalue weighted by atomic mass is 35.5. The van der Waals surface area contributed by atoms with Gasteiger partial charge >= 0.3 is 0 Å². The molecule has 2 aromatic rings. The number of nitrogens with zero attached hydrogens (tertiary/aromatic N) is 2. The van der Waals surface area contributed by atoms with Crippen LogP contribution >= 0.6 is 23.4 Å². The third-order valence-electron chi connectivity index (χ3n) is 1.61. The van der Waals surface area contributed by atoms with Gasteiger partial charge in [0.05, 0.1) is 22.6 Å². The summed E-state index contributed by atoms with van der Waals surface area (Å²) in [6.07, 6.45) is 3.12. The van der Waals surface area contributed by atoms with Crippen LogP contribution in [0.2, 0.25) is 5.02 Å². The van der Waals surface area contributed by atoms with E-state index in [4.69, 9.17) is 21.8 Å². The van der Waals surface area contributed by atoms with Crippen molar-refractivity contribution < 1.29 is 4.42 Å². The number of oxazole rings is 1. The summed E-state index contributed by atoms with van der Waals surface area (Å²) in [5.74, 6) is 0. The predicted molar refractivity (Wildman–Crippen MR) is 59.0 cm³/mol. The van der Waals surface area contributed by atoms with Gasteiger partial charge in [0, 0.05) is 0 Å². The van der Waals surface area contributed by atoms with Crippen LogP contribution in [0.3, 0.4) is 0 Å². The Morgan fingerprint density at radius 2 is 2.33 bits per heavy atom. The number of anilines is 1. The zero-order valence-electron chi connectivity index (χ0n) is 7.90. The van der Waals surface area contributed by atoms with Crippen LogP contribution in [0.4, 0.5) is 5.69 Å². The van der Waals surface area contributed by atoms with Gasteiger partial charge < -0.3 is 10.2 Å². The first-order chi connectivity index (χ1) is 7.15. The molecule has 0 aliphatic heterocycles. The van der Waals surface area contributed by atoms with Crippen LogP contribution in [0.15, 0.2) is 33.2 Å². The Kier molecular flexibility index (Phi) is 2.83. The van der Waals surface area contributed by atoms with Gasteiger partial charge in [0.25, 0.3) is 5.22 Å². The van der Waals surface area contributed by atoms with Gasteiger partial charge in [-0.2, -0.15) is 0 Å². The lowest BCUT2D eigenvalue weighted by molar-refractivity contribution is 0.454. The first-order valence-corrected chi connectivity index (χ1v) is 5.35. The Hall–Kier alpha value is -1.20. The molecule has 0 spiro atoms. The van der Waals surface area contributed by atoms with Crippen LogP contribution in [-0.4, -0.2) is 9.97 Å². The van der Waals surface area contributed by atoms with Crippen molar-refractivity contribution in [1.29, 1.82) is 0 Å². The zero-order valence-corrected chi connectivity index (χ0v) is 9.47. The van der Waals surface area contributed by atoms with E-state index in [1.54, 1.807) is 18.5 Å². The van der Waals surface area contributed by atoms with E-state index in [0.717, 1.165) is 5.69 Å². The molecule has 0 unspecified atom stereocenters. The molecule has 0 saturated heterocycles. The lowest BCUT2D eigenvalue weighted by Crippen LogP contribution is -1.88. The molecule has 2 N–H and O–H groups in total. The van der Waals surface area contributed by atoms with E-state index in [0.29, 0.717) is 21.0 Å². The minimum absolute atomic E-state index is 0.496. The Morgan fingerprint density at radius 3 is 2.93 bits per heavy atom. The van der Waals surface area contributed by atoms with Crippen molar-refractivity contribution in [2.75, 3.05) is 5.73 Å². The first kappa shape index (κ1) is 10.3.